The van der Waals surface area contributed by atoms with Crippen molar-refractivity contribution < 1.29 is 49.6 Å². The number of ether oxygens (including phenoxy) is 3. The Labute approximate surface area is 237 Å². The molecule has 226 valence electrons. The van der Waals surface area contributed by atoms with Crippen LogP contribution in [0.2, 0.25) is 0 Å². The molecule has 1 amide bonds. The number of carbonyl (C=O) groups excluding carboxylic acids is 2. The smallest absolute Gasteiger partial charge is 0.407 e. The molecule has 0 saturated carbocycles. The van der Waals surface area contributed by atoms with E-state index in [1.54, 1.807) is 32.9 Å². The Morgan fingerprint density at radius 2 is 1.73 bits per heavy atom. The third kappa shape index (κ3) is 11.5. The van der Waals surface area contributed by atoms with Gasteiger partial charge in [0, 0.05) is 24.9 Å². The molecule has 13 heteroatoms. The topological polar surface area (TPSA) is 117 Å². The molecule has 1 aliphatic rings. The van der Waals surface area contributed by atoms with Gasteiger partial charge in [0.05, 0.1) is 18.8 Å². The molecule has 0 unspecified atom stereocenters. The lowest BCUT2D eigenvalue weighted by atomic mass is 10.1. The first-order valence-corrected chi connectivity index (χ1v) is 14.7. The molecular weight excluding hydrogens is 567 g/mol. The van der Waals surface area contributed by atoms with E-state index < -0.39 is 52.6 Å². The van der Waals surface area contributed by atoms with Gasteiger partial charge < -0.3 is 23.7 Å². The number of halogens is 3. The molecule has 0 radical (unpaired) electrons. The molecule has 0 bridgehead atoms. The van der Waals surface area contributed by atoms with Crippen LogP contribution in [0.5, 0.6) is 17.2 Å². The van der Waals surface area contributed by atoms with Crippen molar-refractivity contribution in [1.82, 2.24) is 5.32 Å². The Morgan fingerprint density at radius 3 is 2.44 bits per heavy atom. The van der Waals surface area contributed by atoms with Gasteiger partial charge in [-0.15, -0.1) is 0 Å². The van der Waals surface area contributed by atoms with Crippen molar-refractivity contribution in [3.63, 3.8) is 0 Å². The van der Waals surface area contributed by atoms with E-state index in [1.807, 2.05) is 12.1 Å². The molecule has 2 aromatic rings. The number of esters is 1. The number of nitrogens with one attached hydrogen (secondary N) is 1. The monoisotopic (exact) mass is 601 g/mol. The molecule has 0 fully saturated rings. The van der Waals surface area contributed by atoms with Gasteiger partial charge in [-0.05, 0) is 69.4 Å². The van der Waals surface area contributed by atoms with Crippen molar-refractivity contribution in [1.29, 1.82) is 0 Å². The molecule has 41 heavy (non-hydrogen) atoms. The van der Waals surface area contributed by atoms with Crippen LogP contribution in [0.25, 0.3) is 0 Å². The minimum absolute atomic E-state index is 0.00370. The summed E-state index contributed by atoms with van der Waals surface area (Å²) in [7, 11) is -4.22. The predicted octanol–water partition coefficient (Wildman–Crippen LogP) is 5.70. The lowest BCUT2D eigenvalue weighted by molar-refractivity contribution is -0.144. The molecule has 0 aliphatic heterocycles. The summed E-state index contributed by atoms with van der Waals surface area (Å²) < 4.78 is 82.7. The van der Waals surface area contributed by atoms with E-state index in [0.717, 1.165) is 11.1 Å². The molecule has 2 aromatic carbocycles. The van der Waals surface area contributed by atoms with Gasteiger partial charge in [-0.25, -0.2) is 4.79 Å². The summed E-state index contributed by atoms with van der Waals surface area (Å²) in [4.78, 5) is 23.8. The van der Waals surface area contributed by atoms with E-state index in [-0.39, 0.29) is 37.0 Å². The summed E-state index contributed by atoms with van der Waals surface area (Å²) in [5, 5.41) is 2.51. The number of hydrogen-bond donors (Lipinski definition) is 1. The highest BCUT2D eigenvalue weighted by molar-refractivity contribution is 7.87. The van der Waals surface area contributed by atoms with Crippen molar-refractivity contribution in [3.8, 4) is 17.2 Å². The van der Waals surface area contributed by atoms with Gasteiger partial charge in [0.25, 0.3) is 0 Å². The normalized spacial score (nSPS) is 15.1. The Hall–Kier alpha value is -3.48. The molecule has 0 heterocycles. The summed E-state index contributed by atoms with van der Waals surface area (Å²) >= 11 is 0. The molecule has 1 N–H and O–H groups in total. The number of amides is 1. The lowest BCUT2D eigenvalue weighted by Gasteiger charge is -2.19. The molecule has 3 rings (SSSR count). The number of alkyl halides is 3. The first-order chi connectivity index (χ1) is 19.1. The van der Waals surface area contributed by atoms with Crippen LogP contribution >= 0.6 is 0 Å². The van der Waals surface area contributed by atoms with Gasteiger partial charge in [-0.3, -0.25) is 4.79 Å². The summed E-state index contributed by atoms with van der Waals surface area (Å²) in [6.45, 7) is 5.50. The van der Waals surface area contributed by atoms with Crippen LogP contribution in [0.1, 0.15) is 51.2 Å². The summed E-state index contributed by atoms with van der Waals surface area (Å²) in [5.74, 6) is -0.437. The summed E-state index contributed by atoms with van der Waals surface area (Å²) in [5.41, 5.74) is 1.31. The van der Waals surface area contributed by atoms with Crippen LogP contribution < -0.4 is 14.2 Å². The van der Waals surface area contributed by atoms with Crippen LogP contribution in [0.3, 0.4) is 0 Å². The average molecular weight is 602 g/mol. The summed E-state index contributed by atoms with van der Waals surface area (Å²) in [6.07, 6.45) is -5.62. The van der Waals surface area contributed by atoms with Crippen LogP contribution in [0, 0.1) is 5.92 Å². The highest BCUT2D eigenvalue weighted by Crippen LogP contribution is 2.37. The minimum Gasteiger partial charge on any atom is -0.465 e. The second kappa shape index (κ2) is 13.5. The fourth-order valence-corrected chi connectivity index (χ4v) is 5.12. The zero-order valence-electron chi connectivity index (χ0n) is 23.1. The number of benzene rings is 2. The maximum atomic E-state index is 12.3. The Kier molecular flexibility index (Phi) is 10.5. The summed E-state index contributed by atoms with van der Waals surface area (Å²) in [6, 6.07) is 11.4. The lowest BCUT2D eigenvalue weighted by Crippen LogP contribution is -2.33. The van der Waals surface area contributed by atoms with Crippen molar-refractivity contribution in [2.24, 2.45) is 5.92 Å². The Morgan fingerprint density at radius 1 is 1.02 bits per heavy atom. The number of carbonyl (C=O) groups is 2. The van der Waals surface area contributed by atoms with Crippen LogP contribution in [0.4, 0.5) is 18.0 Å². The molecule has 1 aliphatic carbocycles. The average Bonchev–Trinajstić information content (AvgIpc) is 3.25. The third-order valence-electron chi connectivity index (χ3n) is 5.82. The van der Waals surface area contributed by atoms with Crippen molar-refractivity contribution in [3.05, 3.63) is 53.6 Å². The van der Waals surface area contributed by atoms with E-state index in [2.05, 4.69) is 5.32 Å². The Balaban J connectivity index is 1.50. The maximum absolute atomic E-state index is 12.3. The quantitative estimate of drug-likeness (QED) is 0.243. The second-order valence-corrected chi connectivity index (χ2v) is 12.4. The van der Waals surface area contributed by atoms with Crippen molar-refractivity contribution >= 4 is 22.2 Å². The number of alkyl carbamates (subject to hydrolysis) is 1. The van der Waals surface area contributed by atoms with Crippen LogP contribution in [-0.2, 0) is 37.2 Å². The number of hydrogen-bond acceptors (Lipinski definition) is 8. The fraction of sp³-hybridized carbons (Fsp3) is 0.500. The fourth-order valence-electron chi connectivity index (χ4n) is 4.14. The molecule has 0 saturated heterocycles. The second-order valence-electron chi connectivity index (χ2n) is 10.7. The highest BCUT2D eigenvalue weighted by atomic mass is 32.2. The molecule has 0 spiro atoms. The Bertz CT molecular complexity index is 1320. The first kappa shape index (κ1) is 32.0. The molecular formula is C28H34F3NO8S. The van der Waals surface area contributed by atoms with Gasteiger partial charge in [-0.1, -0.05) is 18.2 Å². The SMILES string of the molecule is CC(C)(C)OC(=O)NCCC(=O)OC[C@@H]1Cc2cccc(Oc3cccc(OS(=O)(=O)CCCC(F)(F)F)c3)c2C1. The number of rotatable bonds is 12. The van der Waals surface area contributed by atoms with Crippen molar-refractivity contribution in [2.75, 3.05) is 18.9 Å². The maximum Gasteiger partial charge on any atom is 0.407 e. The zero-order valence-corrected chi connectivity index (χ0v) is 23.9. The zero-order chi connectivity index (χ0) is 30.3. The molecule has 9 nitrogen and oxygen atoms in total. The van der Waals surface area contributed by atoms with Gasteiger partial charge in [-0.2, -0.15) is 21.6 Å². The standard InChI is InChI=1S/C28H34F3NO8S/c1-27(2,3)39-26(34)32-13-11-25(33)37-18-19-15-20-7-4-10-24(23(20)16-19)38-21-8-5-9-22(17-21)40-41(35,36)14-6-12-28(29,30)31/h4-5,7-10,17,19H,6,11-16,18H2,1-3H3,(H,32,34)/t19-/m1/s1. The van der Waals surface area contributed by atoms with Crippen LogP contribution in [0.15, 0.2) is 42.5 Å². The minimum atomic E-state index is -4.44. The van der Waals surface area contributed by atoms with Gasteiger partial charge in [0.2, 0.25) is 0 Å². The predicted molar refractivity (Wildman–Crippen MR) is 143 cm³/mol. The first-order valence-electron chi connectivity index (χ1n) is 13.1. The van der Waals surface area contributed by atoms with Crippen LogP contribution in [-0.4, -0.2) is 51.2 Å². The van der Waals surface area contributed by atoms with E-state index in [4.69, 9.17) is 18.4 Å². The van der Waals surface area contributed by atoms with Gasteiger partial charge >= 0.3 is 28.4 Å². The highest BCUT2D eigenvalue weighted by Gasteiger charge is 2.28. The largest absolute Gasteiger partial charge is 0.465 e. The van der Waals surface area contributed by atoms with E-state index in [0.29, 0.717) is 18.6 Å². The van der Waals surface area contributed by atoms with E-state index >= 15 is 0 Å². The van der Waals surface area contributed by atoms with Crippen molar-refractivity contribution in [2.45, 2.75) is 64.7 Å². The van der Waals surface area contributed by atoms with E-state index in [9.17, 15) is 31.2 Å². The van der Waals surface area contributed by atoms with E-state index in [1.165, 1.54) is 18.2 Å². The number of fused-ring (bicyclic) bond motifs is 1. The molecule has 1 atom stereocenters. The third-order valence-corrected chi connectivity index (χ3v) is 7.05. The van der Waals surface area contributed by atoms with Gasteiger partial charge in [0.15, 0.2) is 0 Å². The molecule has 0 aromatic heterocycles. The van der Waals surface area contributed by atoms with Gasteiger partial charge in [0.1, 0.15) is 22.8 Å².